The molecule has 5 heteroatoms. The van der Waals surface area contributed by atoms with Crippen LogP contribution in [0.5, 0.6) is 0 Å². The summed E-state index contributed by atoms with van der Waals surface area (Å²) in [6, 6.07) is 0. The quantitative estimate of drug-likeness (QED) is 0.443. The van der Waals surface area contributed by atoms with Crippen LogP contribution >= 0.6 is 11.8 Å². The molecule has 0 saturated heterocycles. The number of hydrogen-bond donors (Lipinski definition) is 1. The lowest BCUT2D eigenvalue weighted by Crippen LogP contribution is -2.30. The Labute approximate surface area is 143 Å². The van der Waals surface area contributed by atoms with Crippen molar-refractivity contribution in [2.24, 2.45) is 11.1 Å². The van der Waals surface area contributed by atoms with Crippen LogP contribution in [0.25, 0.3) is 0 Å². The summed E-state index contributed by atoms with van der Waals surface area (Å²) in [6.07, 6.45) is 4.69. The van der Waals surface area contributed by atoms with Crippen LogP contribution in [0.1, 0.15) is 53.4 Å². The summed E-state index contributed by atoms with van der Waals surface area (Å²) in [5.41, 5.74) is 2.27. The number of oxime groups is 1. The molecule has 0 saturated carbocycles. The van der Waals surface area contributed by atoms with Gasteiger partial charge in [0, 0.05) is 23.3 Å². The monoisotopic (exact) mass is 337 g/mol. The number of rotatable bonds is 6. The molecule has 0 spiro atoms. The molecule has 1 aliphatic heterocycles. The molecule has 1 aliphatic carbocycles. The third kappa shape index (κ3) is 4.00. The first-order valence-electron chi connectivity index (χ1n) is 8.39. The van der Waals surface area contributed by atoms with E-state index in [2.05, 4.69) is 25.1 Å². The molecule has 1 unspecified atom stereocenters. The molecule has 0 radical (unpaired) electrons. The smallest absolute Gasteiger partial charge is 0.168 e. The Kier molecular flexibility index (Phi) is 5.95. The summed E-state index contributed by atoms with van der Waals surface area (Å²) in [6.45, 7) is 8.72. The van der Waals surface area contributed by atoms with E-state index in [1.165, 1.54) is 5.57 Å². The number of carbonyl (C=O) groups excluding carboxylic acids is 1. The largest absolute Gasteiger partial charge is 0.511 e. The van der Waals surface area contributed by atoms with Gasteiger partial charge in [0.2, 0.25) is 0 Å². The highest BCUT2D eigenvalue weighted by atomic mass is 32.2. The van der Waals surface area contributed by atoms with Crippen molar-refractivity contribution in [3.8, 4) is 0 Å². The molecule has 0 aromatic carbocycles. The minimum Gasteiger partial charge on any atom is -0.511 e. The van der Waals surface area contributed by atoms with Gasteiger partial charge in [-0.15, -0.1) is 11.8 Å². The molecule has 1 N–H and O–H groups in total. The van der Waals surface area contributed by atoms with Gasteiger partial charge >= 0.3 is 0 Å². The maximum absolute atomic E-state index is 12.7. The van der Waals surface area contributed by atoms with Crippen LogP contribution in [0.2, 0.25) is 0 Å². The molecule has 2 rings (SSSR count). The van der Waals surface area contributed by atoms with Gasteiger partial charge in [-0.1, -0.05) is 30.1 Å². The minimum absolute atomic E-state index is 0.0146. The summed E-state index contributed by atoms with van der Waals surface area (Å²) in [5, 5.41) is 14.6. The molecule has 2 aliphatic rings. The van der Waals surface area contributed by atoms with Gasteiger partial charge in [-0.25, -0.2) is 0 Å². The third-order valence-corrected chi connectivity index (χ3v) is 5.69. The number of aliphatic hydroxyl groups excluding tert-OH is 1. The molecule has 0 fully saturated rings. The number of carbonyl (C=O) groups is 1. The van der Waals surface area contributed by atoms with Crippen molar-refractivity contribution in [1.29, 1.82) is 0 Å². The fraction of sp³-hybridized carbons (Fsp3) is 0.667. The van der Waals surface area contributed by atoms with Crippen molar-refractivity contribution in [3.63, 3.8) is 0 Å². The van der Waals surface area contributed by atoms with Crippen LogP contribution in [-0.4, -0.2) is 33.7 Å². The van der Waals surface area contributed by atoms with Gasteiger partial charge < -0.3 is 9.94 Å². The zero-order chi connectivity index (χ0) is 17.0. The van der Waals surface area contributed by atoms with Gasteiger partial charge in [0.05, 0.1) is 11.3 Å². The number of nitrogens with zero attached hydrogens (tertiary/aromatic N) is 1. The topological polar surface area (TPSA) is 58.9 Å². The second-order valence-corrected chi connectivity index (χ2v) is 8.18. The first-order valence-corrected chi connectivity index (χ1v) is 9.38. The van der Waals surface area contributed by atoms with Crippen LogP contribution < -0.4 is 0 Å². The first kappa shape index (κ1) is 18.1. The van der Waals surface area contributed by atoms with Crippen LogP contribution in [0.15, 0.2) is 28.1 Å². The van der Waals surface area contributed by atoms with Gasteiger partial charge in [-0.05, 0) is 33.1 Å². The van der Waals surface area contributed by atoms with E-state index in [4.69, 9.17) is 4.84 Å². The van der Waals surface area contributed by atoms with E-state index in [0.717, 1.165) is 12.2 Å². The van der Waals surface area contributed by atoms with Crippen molar-refractivity contribution in [2.45, 2.75) is 58.1 Å². The van der Waals surface area contributed by atoms with E-state index in [0.29, 0.717) is 37.2 Å². The lowest BCUT2D eigenvalue weighted by atomic mass is 9.77. The van der Waals surface area contributed by atoms with Crippen LogP contribution in [0.3, 0.4) is 0 Å². The molecular weight excluding hydrogens is 310 g/mol. The molecular formula is C18H27NO3S. The Morgan fingerprint density at radius 1 is 1.43 bits per heavy atom. The second-order valence-electron chi connectivity index (χ2n) is 6.54. The maximum atomic E-state index is 12.7. The van der Waals surface area contributed by atoms with Crippen molar-refractivity contribution >= 4 is 23.3 Å². The van der Waals surface area contributed by atoms with Crippen molar-refractivity contribution < 1.29 is 14.7 Å². The Morgan fingerprint density at radius 2 is 2.17 bits per heavy atom. The van der Waals surface area contributed by atoms with E-state index in [9.17, 15) is 9.90 Å². The zero-order valence-corrected chi connectivity index (χ0v) is 15.3. The number of allylic oxidation sites excluding steroid dienone is 2. The SMILES string of the molecule is CCC/C(=N\OCC)C1=C(O)CC(C2=CCSC2(C)C)CC1=O. The Morgan fingerprint density at radius 3 is 2.70 bits per heavy atom. The number of aliphatic hydroxyl groups is 1. The van der Waals surface area contributed by atoms with E-state index < -0.39 is 0 Å². The summed E-state index contributed by atoms with van der Waals surface area (Å²) in [7, 11) is 0. The highest BCUT2D eigenvalue weighted by Crippen LogP contribution is 2.46. The molecule has 0 aromatic heterocycles. The highest BCUT2D eigenvalue weighted by Gasteiger charge is 2.38. The minimum atomic E-state index is -0.0146. The van der Waals surface area contributed by atoms with Gasteiger partial charge in [0.15, 0.2) is 5.78 Å². The van der Waals surface area contributed by atoms with Crippen LogP contribution in [0.4, 0.5) is 0 Å². The van der Waals surface area contributed by atoms with Gasteiger partial charge in [-0.3, -0.25) is 4.79 Å². The Hall–Kier alpha value is -1.23. The Bertz CT molecular complexity index is 561. The number of thioether (sulfide) groups is 1. The predicted molar refractivity (Wildman–Crippen MR) is 96.0 cm³/mol. The fourth-order valence-electron chi connectivity index (χ4n) is 3.36. The third-order valence-electron chi connectivity index (χ3n) is 4.40. The number of ketones is 1. The van der Waals surface area contributed by atoms with E-state index in [1.807, 2.05) is 25.6 Å². The van der Waals surface area contributed by atoms with Crippen LogP contribution in [0, 0.1) is 5.92 Å². The van der Waals surface area contributed by atoms with E-state index >= 15 is 0 Å². The van der Waals surface area contributed by atoms with Crippen LogP contribution in [-0.2, 0) is 9.63 Å². The summed E-state index contributed by atoms with van der Waals surface area (Å²) in [4.78, 5) is 17.8. The standard InChI is InChI=1S/C18H27NO3S/c1-5-7-14(19-22-6-2)17-15(20)10-12(11-16(17)21)13-8-9-23-18(13,3)4/h8,12,20H,5-7,9-11H2,1-4H3/b19-14+. The zero-order valence-electron chi connectivity index (χ0n) is 14.5. The van der Waals surface area contributed by atoms with Gasteiger partial charge in [0.25, 0.3) is 0 Å². The maximum Gasteiger partial charge on any atom is 0.168 e. The predicted octanol–water partition coefficient (Wildman–Crippen LogP) is 4.42. The molecule has 4 nitrogen and oxygen atoms in total. The molecule has 0 bridgehead atoms. The Balaban J connectivity index is 2.26. The highest BCUT2D eigenvalue weighted by molar-refractivity contribution is 8.01. The lowest BCUT2D eigenvalue weighted by molar-refractivity contribution is -0.116. The van der Waals surface area contributed by atoms with Gasteiger partial charge in [-0.2, -0.15) is 0 Å². The average Bonchev–Trinajstić information content (AvgIpc) is 2.83. The molecule has 0 aromatic rings. The van der Waals surface area contributed by atoms with E-state index in [1.54, 1.807) is 0 Å². The molecule has 128 valence electrons. The molecule has 1 heterocycles. The normalized spacial score (nSPS) is 24.9. The second kappa shape index (κ2) is 7.56. The molecule has 1 atom stereocenters. The van der Waals surface area contributed by atoms with Crippen molar-refractivity contribution in [3.05, 3.63) is 23.0 Å². The molecule has 0 amide bonds. The molecule has 23 heavy (non-hydrogen) atoms. The lowest BCUT2D eigenvalue weighted by Gasteiger charge is -2.31. The average molecular weight is 337 g/mol. The summed E-state index contributed by atoms with van der Waals surface area (Å²) < 4.78 is 0.0500. The van der Waals surface area contributed by atoms with Crippen molar-refractivity contribution in [1.82, 2.24) is 0 Å². The first-order chi connectivity index (χ1) is 10.9. The number of hydrogen-bond acceptors (Lipinski definition) is 5. The van der Waals surface area contributed by atoms with Crippen molar-refractivity contribution in [2.75, 3.05) is 12.4 Å². The number of Topliss-reactive ketones (excluding diaryl/α,β-unsaturated/α-hetero) is 1. The van der Waals surface area contributed by atoms with Gasteiger partial charge in [0.1, 0.15) is 12.4 Å². The van der Waals surface area contributed by atoms with E-state index in [-0.39, 0.29) is 22.2 Å². The summed E-state index contributed by atoms with van der Waals surface area (Å²) >= 11 is 1.88. The summed E-state index contributed by atoms with van der Waals surface area (Å²) in [5.74, 6) is 1.24. The fourth-order valence-corrected chi connectivity index (χ4v) is 4.46.